The zero-order chi connectivity index (χ0) is 36.4. The number of nitrogens with zero attached hydrogens (tertiary/aromatic N) is 3. The van der Waals surface area contributed by atoms with Crippen molar-refractivity contribution in [3.63, 3.8) is 0 Å². The van der Waals surface area contributed by atoms with Gasteiger partial charge in [-0.15, -0.1) is 0 Å². The topological polar surface area (TPSA) is 226 Å². The maximum atomic E-state index is 13.1. The molecule has 51 heavy (non-hydrogen) atoms. The van der Waals surface area contributed by atoms with Crippen molar-refractivity contribution in [2.75, 3.05) is 38.7 Å². The Morgan fingerprint density at radius 3 is 2.24 bits per heavy atom. The molecule has 2 heterocycles. The summed E-state index contributed by atoms with van der Waals surface area (Å²) in [6.45, 7) is 1.44. The van der Waals surface area contributed by atoms with Crippen LogP contribution in [0.2, 0.25) is 0 Å². The number of benzene rings is 3. The summed E-state index contributed by atoms with van der Waals surface area (Å²) >= 11 is 0. The molecule has 6 N–H and O–H groups in total. The lowest BCUT2D eigenvalue weighted by molar-refractivity contribution is -0.138. The van der Waals surface area contributed by atoms with Gasteiger partial charge in [0.15, 0.2) is 5.95 Å². The first-order valence-corrected chi connectivity index (χ1v) is 18.8. The highest BCUT2D eigenvalue weighted by Crippen LogP contribution is 2.23. The highest BCUT2D eigenvalue weighted by Gasteiger charge is 2.26. The van der Waals surface area contributed by atoms with Gasteiger partial charge in [0.2, 0.25) is 20.0 Å². The summed E-state index contributed by atoms with van der Waals surface area (Å²) in [7, 11) is -6.47. The van der Waals surface area contributed by atoms with Crippen molar-refractivity contribution in [2.24, 2.45) is 0 Å². The number of aryl methyl sites for hydroxylation is 1. The number of hydrogen-bond donors (Lipinski definition) is 6. The highest BCUT2D eigenvalue weighted by atomic mass is 32.2. The quantitative estimate of drug-likeness (QED) is 0.0675. The summed E-state index contributed by atoms with van der Waals surface area (Å²) in [5.41, 5.74) is 2.32. The van der Waals surface area contributed by atoms with Gasteiger partial charge in [0, 0.05) is 63.2 Å². The summed E-state index contributed by atoms with van der Waals surface area (Å²) in [4.78, 5) is 31.9. The summed E-state index contributed by atoms with van der Waals surface area (Å²) < 4.78 is 62.6. The van der Waals surface area contributed by atoms with Crippen LogP contribution in [0.25, 0.3) is 22.0 Å². The maximum absolute atomic E-state index is 13.1. The number of carboxylic acids is 1. The maximum Gasteiger partial charge on any atom is 0.323 e. The van der Waals surface area contributed by atoms with Crippen molar-refractivity contribution in [1.29, 1.82) is 0 Å². The lowest BCUT2D eigenvalue weighted by Gasteiger charge is -2.16. The molecule has 0 aliphatic heterocycles. The second-order valence-electron chi connectivity index (χ2n) is 11.4. The number of rotatable bonds is 19. The number of H-pyrrole nitrogens is 1. The highest BCUT2D eigenvalue weighted by molar-refractivity contribution is 7.89. The molecule has 3 aromatic carbocycles. The van der Waals surface area contributed by atoms with Gasteiger partial charge in [-0.05, 0) is 66.4 Å². The van der Waals surface area contributed by atoms with Gasteiger partial charge in [-0.25, -0.2) is 26.5 Å². The van der Waals surface area contributed by atoms with Gasteiger partial charge in [-0.3, -0.25) is 14.3 Å². The molecule has 1 atom stereocenters. The van der Waals surface area contributed by atoms with E-state index in [0.717, 1.165) is 11.9 Å². The molecule has 16 nitrogen and oxygen atoms in total. The third kappa shape index (κ3) is 9.77. The van der Waals surface area contributed by atoms with E-state index < -0.39 is 44.5 Å². The molecule has 0 aliphatic carbocycles. The van der Waals surface area contributed by atoms with E-state index in [9.17, 15) is 31.5 Å². The summed E-state index contributed by atoms with van der Waals surface area (Å²) in [6, 6.07) is 15.1. The van der Waals surface area contributed by atoms with E-state index in [1.807, 2.05) is 4.68 Å². The summed E-state index contributed by atoms with van der Waals surface area (Å²) in [5, 5.41) is 20.5. The van der Waals surface area contributed by atoms with Crippen LogP contribution in [0.4, 0.5) is 5.95 Å². The summed E-state index contributed by atoms with van der Waals surface area (Å²) in [5.74, 6) is -1.37. The van der Waals surface area contributed by atoms with Gasteiger partial charge >= 0.3 is 5.97 Å². The number of aromatic nitrogens is 4. The van der Waals surface area contributed by atoms with E-state index in [-0.39, 0.29) is 21.9 Å². The van der Waals surface area contributed by atoms with Gasteiger partial charge in [0.05, 0.1) is 21.5 Å². The third-order valence-electron chi connectivity index (χ3n) is 7.78. The van der Waals surface area contributed by atoms with Gasteiger partial charge < -0.3 is 25.5 Å². The van der Waals surface area contributed by atoms with Crippen LogP contribution in [0, 0.1) is 0 Å². The monoisotopic (exact) mass is 738 g/mol. The lowest BCUT2D eigenvalue weighted by atomic mass is 10.1. The predicted molar refractivity (Wildman–Crippen MR) is 189 cm³/mol. The first kappa shape index (κ1) is 37.1. The number of methoxy groups -OCH3 is 1. The number of carboxylic acid groups (broad SMARTS) is 1. The molecule has 18 heteroatoms. The minimum atomic E-state index is -4.30. The van der Waals surface area contributed by atoms with Crippen LogP contribution in [0.1, 0.15) is 23.2 Å². The van der Waals surface area contributed by atoms with Crippen molar-refractivity contribution in [1.82, 2.24) is 34.5 Å². The van der Waals surface area contributed by atoms with Crippen LogP contribution in [-0.4, -0.2) is 93.0 Å². The standard InChI is InChI=1S/C33H38N8O8S2/c1-49-19-3-15-39-50(45,46)27-9-4-23(5-10-27)24-6-11-28(12-7-24)51(47,48)40-29(32(43)44)22-37-31(42)25-8-13-30-26(20-25)21-38-41(30)18-2-14-34-33-35-16-17-36-33/h4-13,16-17,20-21,29,39-40H,2-3,14-15,18-19,22H2,1H3,(H,37,42)(H,43,44)(H2,34,35,36)/t29-/m0/s1. The molecule has 0 bridgehead atoms. The Morgan fingerprint density at radius 1 is 0.922 bits per heavy atom. The zero-order valence-electron chi connectivity index (χ0n) is 27.6. The van der Waals surface area contributed by atoms with E-state index >= 15 is 0 Å². The van der Waals surface area contributed by atoms with Gasteiger partial charge in [0.25, 0.3) is 5.91 Å². The smallest absolute Gasteiger partial charge is 0.323 e. The first-order valence-electron chi connectivity index (χ1n) is 15.9. The van der Waals surface area contributed by atoms with Crippen LogP contribution in [0.5, 0.6) is 0 Å². The second-order valence-corrected chi connectivity index (χ2v) is 14.9. The van der Waals surface area contributed by atoms with E-state index in [2.05, 4.69) is 35.1 Å². The molecular formula is C33H38N8O8S2. The van der Waals surface area contributed by atoms with Crippen molar-refractivity contribution in [2.45, 2.75) is 35.2 Å². The Balaban J connectivity index is 1.15. The van der Waals surface area contributed by atoms with Crippen LogP contribution >= 0.6 is 0 Å². The van der Waals surface area contributed by atoms with Crippen molar-refractivity contribution in [3.05, 3.63) is 90.9 Å². The molecule has 0 fully saturated rings. The number of aromatic amines is 1. The minimum absolute atomic E-state index is 0.0807. The molecule has 0 radical (unpaired) electrons. The molecule has 0 unspecified atom stereocenters. The average molecular weight is 739 g/mol. The Morgan fingerprint density at radius 2 is 1.61 bits per heavy atom. The number of nitrogens with one attached hydrogen (secondary N) is 5. The normalized spacial score (nSPS) is 12.5. The van der Waals surface area contributed by atoms with Gasteiger partial charge in [0.1, 0.15) is 6.04 Å². The van der Waals surface area contributed by atoms with Crippen molar-refractivity contribution in [3.8, 4) is 11.1 Å². The van der Waals surface area contributed by atoms with Gasteiger partial charge in [-0.1, -0.05) is 24.3 Å². The molecule has 0 saturated carbocycles. The van der Waals surface area contributed by atoms with Crippen molar-refractivity contribution >= 4 is 48.8 Å². The summed E-state index contributed by atoms with van der Waals surface area (Å²) in [6.07, 6.45) is 6.32. The second kappa shape index (κ2) is 16.7. The average Bonchev–Trinajstić information content (AvgIpc) is 3.80. The number of aliphatic carboxylic acids is 1. The third-order valence-corrected chi connectivity index (χ3v) is 10.7. The minimum Gasteiger partial charge on any atom is -0.480 e. The number of ether oxygens (including phenoxy) is 1. The fourth-order valence-corrected chi connectivity index (χ4v) is 7.36. The Kier molecular flexibility index (Phi) is 12.2. The Bertz CT molecular complexity index is 2150. The fourth-order valence-electron chi connectivity index (χ4n) is 5.10. The van der Waals surface area contributed by atoms with Gasteiger partial charge in [-0.2, -0.15) is 9.82 Å². The van der Waals surface area contributed by atoms with E-state index in [4.69, 9.17) is 4.74 Å². The number of anilines is 1. The molecular weight excluding hydrogens is 701 g/mol. The van der Waals surface area contributed by atoms with Crippen molar-refractivity contribution < 1.29 is 36.3 Å². The number of carbonyl (C=O) groups excluding carboxylic acids is 1. The van der Waals surface area contributed by atoms with Crippen LogP contribution in [-0.2, 0) is 36.1 Å². The molecule has 2 aromatic heterocycles. The van der Waals surface area contributed by atoms with Crippen LogP contribution in [0.3, 0.4) is 0 Å². The first-order chi connectivity index (χ1) is 24.5. The fraction of sp³-hybridized carbons (Fsp3) is 0.273. The largest absolute Gasteiger partial charge is 0.480 e. The van der Waals surface area contributed by atoms with E-state index in [1.54, 1.807) is 48.9 Å². The molecule has 0 saturated heterocycles. The number of sulfonamides is 2. The van der Waals surface area contributed by atoms with Crippen LogP contribution < -0.4 is 20.1 Å². The number of amides is 1. The van der Waals surface area contributed by atoms with Crippen LogP contribution in [0.15, 0.2) is 95.1 Å². The number of carbonyl (C=O) groups is 2. The predicted octanol–water partition coefficient (Wildman–Crippen LogP) is 2.40. The molecule has 5 aromatic rings. The molecule has 270 valence electrons. The number of imidazole rings is 1. The Labute approximate surface area is 294 Å². The lowest BCUT2D eigenvalue weighted by Crippen LogP contribution is -2.48. The molecule has 5 rings (SSSR count). The zero-order valence-corrected chi connectivity index (χ0v) is 29.2. The SMILES string of the molecule is COCCCNS(=O)(=O)c1ccc(-c2ccc(S(=O)(=O)N[C@@H](CNC(=O)c3ccc4c(cnn4CCCNc4ncc[nH]4)c3)C(=O)O)cc2)cc1. The number of fused-ring (bicyclic) bond motifs is 1. The molecule has 0 aliphatic rings. The molecule has 0 spiro atoms. The molecule has 1 amide bonds. The Hall–Kier alpha value is -5.14. The van der Waals surface area contributed by atoms with E-state index in [1.165, 1.54) is 43.5 Å². The number of hydrogen-bond acceptors (Lipinski definition) is 10. The van der Waals surface area contributed by atoms with E-state index in [0.29, 0.717) is 48.6 Å².